The predicted molar refractivity (Wildman–Crippen MR) is 86.0 cm³/mol. The summed E-state index contributed by atoms with van der Waals surface area (Å²) in [7, 11) is 1.86. The van der Waals surface area contributed by atoms with Crippen molar-refractivity contribution >= 4 is 11.9 Å². The van der Waals surface area contributed by atoms with Gasteiger partial charge in [-0.25, -0.2) is 4.79 Å². The molecular formula is C16H25N5O3. The Morgan fingerprint density at radius 3 is 2.96 bits per heavy atom. The zero-order valence-electron chi connectivity index (χ0n) is 14.5. The number of imide groups is 1. The van der Waals surface area contributed by atoms with E-state index in [4.69, 9.17) is 4.52 Å². The van der Waals surface area contributed by atoms with E-state index >= 15 is 0 Å². The Balaban J connectivity index is 1.71. The first-order valence-electron chi connectivity index (χ1n) is 8.59. The van der Waals surface area contributed by atoms with Crippen LogP contribution in [0.2, 0.25) is 0 Å². The van der Waals surface area contributed by atoms with E-state index in [2.05, 4.69) is 20.8 Å². The van der Waals surface area contributed by atoms with E-state index in [-0.39, 0.29) is 36.3 Å². The van der Waals surface area contributed by atoms with Gasteiger partial charge in [0.2, 0.25) is 5.89 Å². The molecule has 0 bridgehead atoms. The Morgan fingerprint density at radius 2 is 2.25 bits per heavy atom. The summed E-state index contributed by atoms with van der Waals surface area (Å²) in [4.78, 5) is 30.7. The van der Waals surface area contributed by atoms with Gasteiger partial charge in [-0.3, -0.25) is 9.69 Å². The van der Waals surface area contributed by atoms with Crippen molar-refractivity contribution in [1.82, 2.24) is 25.7 Å². The van der Waals surface area contributed by atoms with Crippen molar-refractivity contribution in [2.24, 2.45) is 5.92 Å². The second kappa shape index (κ2) is 6.51. The molecule has 1 spiro atoms. The lowest BCUT2D eigenvalue weighted by molar-refractivity contribution is -0.134. The molecule has 8 nitrogen and oxygen atoms in total. The van der Waals surface area contributed by atoms with Crippen LogP contribution < -0.4 is 10.6 Å². The van der Waals surface area contributed by atoms with E-state index in [0.29, 0.717) is 18.7 Å². The Hall–Kier alpha value is -1.96. The second-order valence-corrected chi connectivity index (χ2v) is 6.94. The van der Waals surface area contributed by atoms with Crippen molar-refractivity contribution < 1.29 is 14.1 Å². The van der Waals surface area contributed by atoms with Gasteiger partial charge in [0, 0.05) is 12.5 Å². The summed E-state index contributed by atoms with van der Waals surface area (Å²) < 4.78 is 5.21. The molecule has 2 fully saturated rings. The third kappa shape index (κ3) is 2.90. The van der Waals surface area contributed by atoms with Gasteiger partial charge in [0.15, 0.2) is 5.82 Å². The first-order valence-corrected chi connectivity index (χ1v) is 8.59. The van der Waals surface area contributed by atoms with Crippen LogP contribution in [0.1, 0.15) is 51.2 Å². The fraction of sp³-hybridized carbons (Fsp3) is 0.750. The predicted octanol–water partition coefficient (Wildman–Crippen LogP) is 1.22. The highest BCUT2D eigenvalue weighted by Crippen LogP contribution is 2.38. The molecule has 1 aliphatic carbocycles. The molecular weight excluding hydrogens is 310 g/mol. The number of carbonyl (C=O) groups is 2. The highest BCUT2D eigenvalue weighted by molar-refractivity contribution is 6.07. The zero-order valence-corrected chi connectivity index (χ0v) is 14.5. The van der Waals surface area contributed by atoms with Gasteiger partial charge in [0.25, 0.3) is 5.91 Å². The monoisotopic (exact) mass is 335 g/mol. The number of amides is 3. The van der Waals surface area contributed by atoms with Crippen molar-refractivity contribution in [3.05, 3.63) is 11.7 Å². The fourth-order valence-corrected chi connectivity index (χ4v) is 3.59. The minimum atomic E-state index is -0.751. The second-order valence-electron chi connectivity index (χ2n) is 6.94. The molecule has 1 saturated heterocycles. The average molecular weight is 335 g/mol. The third-order valence-electron chi connectivity index (χ3n) is 5.29. The van der Waals surface area contributed by atoms with Crippen LogP contribution in [0.5, 0.6) is 0 Å². The van der Waals surface area contributed by atoms with Crippen LogP contribution in [-0.2, 0) is 17.8 Å². The smallest absolute Gasteiger partial charge is 0.325 e. The van der Waals surface area contributed by atoms with Crippen LogP contribution in [0, 0.1) is 5.92 Å². The van der Waals surface area contributed by atoms with Crippen molar-refractivity contribution in [3.8, 4) is 0 Å². The summed E-state index contributed by atoms with van der Waals surface area (Å²) in [6.45, 7) is 4.08. The maximum atomic E-state index is 12.9. The van der Waals surface area contributed by atoms with Crippen LogP contribution in [-0.4, -0.2) is 45.6 Å². The number of urea groups is 1. The van der Waals surface area contributed by atoms with Crippen LogP contribution in [0.3, 0.4) is 0 Å². The van der Waals surface area contributed by atoms with Gasteiger partial charge in [-0.2, -0.15) is 4.98 Å². The van der Waals surface area contributed by atoms with Gasteiger partial charge in [0.1, 0.15) is 12.1 Å². The van der Waals surface area contributed by atoms with Crippen molar-refractivity contribution in [1.29, 1.82) is 0 Å². The molecule has 3 rings (SSSR count). The summed E-state index contributed by atoms with van der Waals surface area (Å²) >= 11 is 0. The molecule has 2 N–H and O–H groups in total. The molecule has 3 unspecified atom stereocenters. The average Bonchev–Trinajstić information content (AvgIpc) is 3.09. The summed E-state index contributed by atoms with van der Waals surface area (Å²) in [5, 5.41) is 9.95. The van der Waals surface area contributed by atoms with E-state index in [1.165, 1.54) is 4.90 Å². The number of rotatable bonds is 5. The van der Waals surface area contributed by atoms with E-state index < -0.39 is 5.54 Å². The lowest BCUT2D eigenvalue weighted by Crippen LogP contribution is -2.53. The van der Waals surface area contributed by atoms with E-state index in [1.54, 1.807) is 0 Å². The molecule has 1 aromatic heterocycles. The molecule has 0 radical (unpaired) electrons. The Labute approximate surface area is 141 Å². The van der Waals surface area contributed by atoms with Crippen LogP contribution >= 0.6 is 0 Å². The third-order valence-corrected chi connectivity index (χ3v) is 5.29. The molecule has 2 heterocycles. The summed E-state index contributed by atoms with van der Waals surface area (Å²) in [6, 6.07) is -0.143. The van der Waals surface area contributed by atoms with Gasteiger partial charge in [0.05, 0.1) is 0 Å². The molecule has 132 valence electrons. The number of nitrogens with zero attached hydrogens (tertiary/aromatic N) is 3. The standard InChI is InChI=1S/C16H25N5O3/c1-10-6-4-5-7-16(10)14(22)21(15(23)19-16)9-13-18-12(20-24-13)8-11(2)17-3/h10-11,17H,4-9H2,1-3H3,(H,19,23). The molecule has 1 aromatic rings. The molecule has 3 atom stereocenters. The molecule has 8 heteroatoms. The molecule has 1 aliphatic heterocycles. The van der Waals surface area contributed by atoms with Crippen molar-refractivity contribution in [3.63, 3.8) is 0 Å². The highest BCUT2D eigenvalue weighted by atomic mass is 16.5. The van der Waals surface area contributed by atoms with Gasteiger partial charge >= 0.3 is 6.03 Å². The molecule has 24 heavy (non-hydrogen) atoms. The van der Waals surface area contributed by atoms with Crippen molar-refractivity contribution in [2.75, 3.05) is 7.05 Å². The highest BCUT2D eigenvalue weighted by Gasteiger charge is 2.55. The first-order chi connectivity index (χ1) is 11.5. The summed E-state index contributed by atoms with van der Waals surface area (Å²) in [5.41, 5.74) is -0.751. The van der Waals surface area contributed by atoms with E-state index in [9.17, 15) is 9.59 Å². The maximum Gasteiger partial charge on any atom is 0.325 e. The van der Waals surface area contributed by atoms with Crippen LogP contribution in [0.15, 0.2) is 4.52 Å². The largest absolute Gasteiger partial charge is 0.337 e. The van der Waals surface area contributed by atoms with Crippen molar-refractivity contribution in [2.45, 2.75) is 64.1 Å². The number of nitrogens with one attached hydrogen (secondary N) is 2. The van der Waals surface area contributed by atoms with E-state index in [1.807, 2.05) is 20.9 Å². The van der Waals surface area contributed by atoms with E-state index in [0.717, 1.165) is 19.3 Å². The van der Waals surface area contributed by atoms with Crippen LogP contribution in [0.25, 0.3) is 0 Å². The molecule has 3 amide bonds. The summed E-state index contributed by atoms with van der Waals surface area (Å²) in [6.07, 6.45) is 4.33. The minimum absolute atomic E-state index is 0.0278. The van der Waals surface area contributed by atoms with Gasteiger partial charge in [-0.15, -0.1) is 0 Å². The van der Waals surface area contributed by atoms with Gasteiger partial charge in [-0.1, -0.05) is 24.9 Å². The minimum Gasteiger partial charge on any atom is -0.337 e. The van der Waals surface area contributed by atoms with Gasteiger partial charge in [-0.05, 0) is 32.7 Å². The molecule has 2 aliphatic rings. The topological polar surface area (TPSA) is 100 Å². The zero-order chi connectivity index (χ0) is 17.3. The Kier molecular flexibility index (Phi) is 4.58. The lowest BCUT2D eigenvalue weighted by Gasteiger charge is -2.36. The lowest BCUT2D eigenvalue weighted by atomic mass is 9.73. The Bertz CT molecular complexity index is 631. The number of likely N-dealkylation sites (N-methyl/N-ethyl adjacent to an activating group) is 1. The molecule has 1 saturated carbocycles. The molecule has 0 aromatic carbocycles. The Morgan fingerprint density at radius 1 is 1.46 bits per heavy atom. The quantitative estimate of drug-likeness (QED) is 0.785. The number of hydrogen-bond acceptors (Lipinski definition) is 6. The first kappa shape index (κ1) is 16.9. The number of carbonyl (C=O) groups excluding carboxylic acids is 2. The number of hydrogen-bond donors (Lipinski definition) is 2. The number of aromatic nitrogens is 2. The maximum absolute atomic E-state index is 12.9. The fourth-order valence-electron chi connectivity index (χ4n) is 3.59. The van der Waals surface area contributed by atoms with Gasteiger partial charge < -0.3 is 15.2 Å². The van der Waals surface area contributed by atoms with Crippen LogP contribution in [0.4, 0.5) is 4.79 Å². The summed E-state index contributed by atoms with van der Waals surface area (Å²) in [5.74, 6) is 0.836. The SMILES string of the molecule is CNC(C)Cc1noc(CN2C(=O)NC3(CCCCC3C)C2=O)n1. The normalized spacial score (nSPS) is 28.5.